The second-order valence-electron chi connectivity index (χ2n) is 3.81. The van der Waals surface area contributed by atoms with E-state index in [9.17, 15) is 4.79 Å². The fraction of sp³-hybridized carbons (Fsp3) is 0.231. The highest BCUT2D eigenvalue weighted by atomic mass is 32.2. The monoisotopic (exact) mass is 274 g/mol. The first-order valence-electron chi connectivity index (χ1n) is 5.82. The number of aromatic nitrogens is 3. The summed E-state index contributed by atoms with van der Waals surface area (Å²) in [4.78, 5) is 24.0. The molecule has 2 aromatic rings. The van der Waals surface area contributed by atoms with Gasteiger partial charge in [-0.3, -0.25) is 4.79 Å². The minimum absolute atomic E-state index is 0.103. The van der Waals surface area contributed by atoms with Gasteiger partial charge in [0.15, 0.2) is 0 Å². The lowest BCUT2D eigenvalue weighted by Crippen LogP contribution is -2.26. The Morgan fingerprint density at radius 3 is 2.89 bits per heavy atom. The van der Waals surface area contributed by atoms with E-state index in [0.29, 0.717) is 18.5 Å². The Kier molecular flexibility index (Phi) is 4.85. The zero-order valence-corrected chi connectivity index (χ0v) is 11.4. The van der Waals surface area contributed by atoms with Crippen LogP contribution in [0, 0.1) is 0 Å². The summed E-state index contributed by atoms with van der Waals surface area (Å²) in [6, 6.07) is 3.54. The van der Waals surface area contributed by atoms with Gasteiger partial charge in [0.2, 0.25) is 0 Å². The summed E-state index contributed by atoms with van der Waals surface area (Å²) in [6.45, 7) is 0.551. The van der Waals surface area contributed by atoms with Crippen molar-refractivity contribution in [2.24, 2.45) is 0 Å². The number of thioether (sulfide) groups is 1. The highest BCUT2D eigenvalue weighted by Crippen LogP contribution is 2.16. The summed E-state index contributed by atoms with van der Waals surface area (Å²) in [5, 5.41) is 3.61. The number of rotatable bonds is 5. The topological polar surface area (TPSA) is 67.8 Å². The molecule has 98 valence electrons. The van der Waals surface area contributed by atoms with Crippen LogP contribution in [0.25, 0.3) is 0 Å². The van der Waals surface area contributed by atoms with Crippen molar-refractivity contribution in [2.45, 2.75) is 11.4 Å². The standard InChI is InChI=1S/C13H14N4OS/c1-19-13-11(3-2-5-17-13)12(18)16-6-4-10-7-14-9-15-8-10/h2-3,5,7-9H,4,6H2,1H3,(H,16,18). The molecule has 0 aromatic carbocycles. The Hall–Kier alpha value is -1.95. The normalized spacial score (nSPS) is 10.2. The average Bonchev–Trinajstić information content (AvgIpc) is 2.48. The molecule has 0 saturated heterocycles. The Bertz CT molecular complexity index is 547. The molecule has 2 heterocycles. The number of carbonyl (C=O) groups is 1. The van der Waals surface area contributed by atoms with Crippen LogP contribution in [0.15, 0.2) is 42.1 Å². The van der Waals surface area contributed by atoms with Gasteiger partial charge in [-0.25, -0.2) is 15.0 Å². The van der Waals surface area contributed by atoms with Gasteiger partial charge in [-0.1, -0.05) is 0 Å². The van der Waals surface area contributed by atoms with Crippen LogP contribution in [0.5, 0.6) is 0 Å². The van der Waals surface area contributed by atoms with Gasteiger partial charge in [-0.2, -0.15) is 0 Å². The number of nitrogens with one attached hydrogen (secondary N) is 1. The molecule has 0 aliphatic heterocycles. The maximum atomic E-state index is 12.0. The first-order chi connectivity index (χ1) is 9.31. The third kappa shape index (κ3) is 3.75. The predicted molar refractivity (Wildman–Crippen MR) is 74.1 cm³/mol. The number of hydrogen-bond acceptors (Lipinski definition) is 5. The molecular weight excluding hydrogens is 260 g/mol. The van der Waals surface area contributed by atoms with Gasteiger partial charge < -0.3 is 5.32 Å². The maximum absolute atomic E-state index is 12.0. The summed E-state index contributed by atoms with van der Waals surface area (Å²) in [5.41, 5.74) is 1.61. The van der Waals surface area contributed by atoms with Gasteiger partial charge in [-0.05, 0) is 30.4 Å². The fourth-order valence-corrected chi connectivity index (χ4v) is 2.15. The summed E-state index contributed by atoms with van der Waals surface area (Å²) < 4.78 is 0. The molecule has 0 radical (unpaired) electrons. The lowest BCUT2D eigenvalue weighted by atomic mass is 10.2. The van der Waals surface area contributed by atoms with Crippen LogP contribution in [0.3, 0.4) is 0 Å². The highest BCUT2D eigenvalue weighted by Gasteiger charge is 2.10. The second kappa shape index (κ2) is 6.84. The number of hydrogen-bond donors (Lipinski definition) is 1. The highest BCUT2D eigenvalue weighted by molar-refractivity contribution is 7.98. The van der Waals surface area contributed by atoms with Crippen molar-refractivity contribution in [1.29, 1.82) is 0 Å². The van der Waals surface area contributed by atoms with Crippen molar-refractivity contribution in [3.05, 3.63) is 48.2 Å². The minimum Gasteiger partial charge on any atom is -0.352 e. The molecule has 19 heavy (non-hydrogen) atoms. The molecule has 5 nitrogen and oxygen atoms in total. The van der Waals surface area contributed by atoms with Crippen LogP contribution in [-0.4, -0.2) is 33.7 Å². The Labute approximate surface area is 115 Å². The lowest BCUT2D eigenvalue weighted by Gasteiger charge is -2.07. The minimum atomic E-state index is -0.103. The van der Waals surface area contributed by atoms with E-state index in [1.165, 1.54) is 18.1 Å². The van der Waals surface area contributed by atoms with Gasteiger partial charge >= 0.3 is 0 Å². The first kappa shape index (κ1) is 13.5. The second-order valence-corrected chi connectivity index (χ2v) is 4.61. The number of nitrogens with zero attached hydrogens (tertiary/aromatic N) is 3. The Morgan fingerprint density at radius 1 is 1.37 bits per heavy atom. The Morgan fingerprint density at radius 2 is 2.16 bits per heavy atom. The summed E-state index contributed by atoms with van der Waals surface area (Å²) in [7, 11) is 0. The molecule has 0 aliphatic rings. The molecule has 2 rings (SSSR count). The van der Waals surface area contributed by atoms with E-state index in [2.05, 4.69) is 20.3 Å². The Balaban J connectivity index is 1.91. The molecular formula is C13H14N4OS. The van der Waals surface area contributed by atoms with Crippen LogP contribution in [0.1, 0.15) is 15.9 Å². The summed E-state index contributed by atoms with van der Waals surface area (Å²) >= 11 is 1.46. The summed E-state index contributed by atoms with van der Waals surface area (Å²) in [6.07, 6.45) is 9.28. The van der Waals surface area contributed by atoms with E-state index < -0.39 is 0 Å². The molecule has 0 fully saturated rings. The molecule has 1 amide bonds. The first-order valence-corrected chi connectivity index (χ1v) is 7.05. The van der Waals surface area contributed by atoms with Crippen LogP contribution >= 0.6 is 11.8 Å². The van der Waals surface area contributed by atoms with Gasteiger partial charge in [-0.15, -0.1) is 11.8 Å². The van der Waals surface area contributed by atoms with Crippen LogP contribution in [0.4, 0.5) is 0 Å². The quantitative estimate of drug-likeness (QED) is 0.838. The van der Waals surface area contributed by atoms with Crippen molar-refractivity contribution < 1.29 is 4.79 Å². The molecule has 0 aliphatic carbocycles. The SMILES string of the molecule is CSc1ncccc1C(=O)NCCc1cncnc1. The van der Waals surface area contributed by atoms with Crippen LogP contribution in [-0.2, 0) is 6.42 Å². The predicted octanol–water partition coefficient (Wildman–Crippen LogP) is 1.57. The van der Waals surface area contributed by atoms with Gasteiger partial charge in [0, 0.05) is 25.1 Å². The zero-order chi connectivity index (χ0) is 13.5. The third-order valence-electron chi connectivity index (χ3n) is 2.52. The molecule has 0 spiro atoms. The van der Waals surface area contributed by atoms with Crippen LogP contribution in [0.2, 0.25) is 0 Å². The van der Waals surface area contributed by atoms with E-state index in [1.54, 1.807) is 30.7 Å². The summed E-state index contributed by atoms with van der Waals surface area (Å²) in [5.74, 6) is -0.103. The fourth-order valence-electron chi connectivity index (χ4n) is 1.60. The lowest BCUT2D eigenvalue weighted by molar-refractivity contribution is 0.0950. The van der Waals surface area contributed by atoms with Crippen molar-refractivity contribution in [3.8, 4) is 0 Å². The molecule has 1 N–H and O–H groups in total. The number of carbonyl (C=O) groups excluding carboxylic acids is 1. The molecule has 2 aromatic heterocycles. The average molecular weight is 274 g/mol. The third-order valence-corrected chi connectivity index (χ3v) is 3.23. The van der Waals surface area contributed by atoms with E-state index in [4.69, 9.17) is 0 Å². The number of amides is 1. The van der Waals surface area contributed by atoms with E-state index >= 15 is 0 Å². The van der Waals surface area contributed by atoms with Crippen LogP contribution < -0.4 is 5.32 Å². The van der Waals surface area contributed by atoms with Gasteiger partial charge in [0.05, 0.1) is 5.56 Å². The van der Waals surface area contributed by atoms with Crippen molar-refractivity contribution in [3.63, 3.8) is 0 Å². The van der Waals surface area contributed by atoms with E-state index in [0.717, 1.165) is 10.6 Å². The van der Waals surface area contributed by atoms with E-state index in [1.807, 2.05) is 6.26 Å². The smallest absolute Gasteiger partial charge is 0.254 e. The molecule has 0 saturated carbocycles. The molecule has 0 atom stereocenters. The van der Waals surface area contributed by atoms with Gasteiger partial charge in [0.1, 0.15) is 11.4 Å². The molecule has 6 heteroatoms. The maximum Gasteiger partial charge on any atom is 0.254 e. The van der Waals surface area contributed by atoms with Gasteiger partial charge in [0.25, 0.3) is 5.91 Å². The largest absolute Gasteiger partial charge is 0.352 e. The zero-order valence-electron chi connectivity index (χ0n) is 10.5. The molecule has 0 unspecified atom stereocenters. The van der Waals surface area contributed by atoms with Crippen molar-refractivity contribution in [2.75, 3.05) is 12.8 Å². The van der Waals surface area contributed by atoms with E-state index in [-0.39, 0.29) is 5.91 Å². The van der Waals surface area contributed by atoms with Crippen molar-refractivity contribution in [1.82, 2.24) is 20.3 Å². The number of pyridine rings is 1. The van der Waals surface area contributed by atoms with Crippen molar-refractivity contribution >= 4 is 17.7 Å². The molecule has 0 bridgehead atoms.